The van der Waals surface area contributed by atoms with Crippen LogP contribution in [0.3, 0.4) is 0 Å². The van der Waals surface area contributed by atoms with E-state index >= 15 is 0 Å². The Balaban J connectivity index is 2.00. The number of halogens is 4. The van der Waals surface area contributed by atoms with E-state index in [-0.39, 0.29) is 28.0 Å². The second-order valence-electron chi connectivity index (χ2n) is 4.66. The van der Waals surface area contributed by atoms with Gasteiger partial charge in [0.2, 0.25) is 0 Å². The third-order valence-electron chi connectivity index (χ3n) is 2.92. The summed E-state index contributed by atoms with van der Waals surface area (Å²) in [5, 5.41) is 2.46. The Hall–Kier alpha value is -2.61. The van der Waals surface area contributed by atoms with Crippen molar-refractivity contribution >= 4 is 23.2 Å². The SMILES string of the molecule is COc1ccc(NC(=O)COc2ccc(F)cc2Cl)cc1OC(F)F. The molecule has 0 aliphatic heterocycles. The minimum absolute atomic E-state index is 0.0184. The number of anilines is 1. The number of hydrogen-bond donors (Lipinski definition) is 1. The fraction of sp³-hybridized carbons (Fsp3) is 0.188. The van der Waals surface area contributed by atoms with E-state index in [1.165, 1.54) is 31.4 Å². The van der Waals surface area contributed by atoms with Crippen LogP contribution < -0.4 is 19.5 Å². The predicted molar refractivity (Wildman–Crippen MR) is 85.2 cm³/mol. The second kappa shape index (κ2) is 8.48. The molecule has 0 atom stereocenters. The van der Waals surface area contributed by atoms with E-state index in [9.17, 15) is 18.0 Å². The lowest BCUT2D eigenvalue weighted by atomic mass is 10.2. The van der Waals surface area contributed by atoms with Crippen LogP contribution in [0.4, 0.5) is 18.9 Å². The van der Waals surface area contributed by atoms with Crippen molar-refractivity contribution < 1.29 is 32.2 Å². The third kappa shape index (κ3) is 5.46. The maximum Gasteiger partial charge on any atom is 0.387 e. The average Bonchev–Trinajstić information content (AvgIpc) is 2.54. The maximum atomic E-state index is 12.9. The van der Waals surface area contributed by atoms with Gasteiger partial charge in [0.1, 0.15) is 11.6 Å². The lowest BCUT2D eigenvalue weighted by Crippen LogP contribution is -2.20. The number of alkyl halides is 2. The van der Waals surface area contributed by atoms with Gasteiger partial charge in [0.25, 0.3) is 5.91 Å². The smallest absolute Gasteiger partial charge is 0.387 e. The Labute approximate surface area is 146 Å². The first kappa shape index (κ1) is 18.7. The molecule has 0 heterocycles. The van der Waals surface area contributed by atoms with Crippen molar-refractivity contribution in [3.8, 4) is 17.2 Å². The summed E-state index contributed by atoms with van der Waals surface area (Å²) in [6.07, 6.45) is 0. The molecule has 5 nitrogen and oxygen atoms in total. The third-order valence-corrected chi connectivity index (χ3v) is 3.21. The first-order valence-electron chi connectivity index (χ1n) is 6.89. The highest BCUT2D eigenvalue weighted by Gasteiger charge is 2.13. The highest BCUT2D eigenvalue weighted by Crippen LogP contribution is 2.31. The molecule has 0 fully saturated rings. The molecule has 0 aliphatic rings. The molecule has 0 saturated carbocycles. The van der Waals surface area contributed by atoms with Crippen LogP contribution in [0.1, 0.15) is 0 Å². The average molecular weight is 376 g/mol. The fourth-order valence-corrected chi connectivity index (χ4v) is 2.10. The second-order valence-corrected chi connectivity index (χ2v) is 5.06. The first-order valence-corrected chi connectivity index (χ1v) is 7.27. The highest BCUT2D eigenvalue weighted by molar-refractivity contribution is 6.32. The van der Waals surface area contributed by atoms with E-state index < -0.39 is 24.9 Å². The fourth-order valence-electron chi connectivity index (χ4n) is 1.88. The Morgan fingerprint density at radius 1 is 1.16 bits per heavy atom. The Morgan fingerprint density at radius 2 is 1.88 bits per heavy atom. The molecule has 0 radical (unpaired) electrons. The summed E-state index contributed by atoms with van der Waals surface area (Å²) in [5.74, 6) is -1.11. The quantitative estimate of drug-likeness (QED) is 0.791. The summed E-state index contributed by atoms with van der Waals surface area (Å²) in [7, 11) is 1.30. The van der Waals surface area contributed by atoms with Gasteiger partial charge in [-0.1, -0.05) is 11.6 Å². The minimum Gasteiger partial charge on any atom is -0.493 e. The van der Waals surface area contributed by atoms with Gasteiger partial charge in [0, 0.05) is 11.8 Å². The van der Waals surface area contributed by atoms with Gasteiger partial charge >= 0.3 is 6.61 Å². The standard InChI is InChI=1S/C16H13ClF3NO4/c1-23-13-5-3-10(7-14(13)25-16(19)20)21-15(22)8-24-12-4-2-9(18)6-11(12)17/h2-7,16H,8H2,1H3,(H,21,22). The molecule has 1 amide bonds. The Morgan fingerprint density at radius 3 is 2.52 bits per heavy atom. The van der Waals surface area contributed by atoms with Crippen LogP contribution in [0.25, 0.3) is 0 Å². The van der Waals surface area contributed by atoms with Gasteiger partial charge in [-0.05, 0) is 30.3 Å². The van der Waals surface area contributed by atoms with Crippen LogP contribution in [0.15, 0.2) is 36.4 Å². The van der Waals surface area contributed by atoms with Gasteiger partial charge in [0.05, 0.1) is 12.1 Å². The largest absolute Gasteiger partial charge is 0.493 e. The molecule has 1 N–H and O–H groups in total. The van der Waals surface area contributed by atoms with Gasteiger partial charge in [0.15, 0.2) is 18.1 Å². The van der Waals surface area contributed by atoms with Gasteiger partial charge in [-0.25, -0.2) is 4.39 Å². The molecule has 0 saturated heterocycles. The van der Waals surface area contributed by atoms with Crippen molar-refractivity contribution in [2.75, 3.05) is 19.0 Å². The van der Waals surface area contributed by atoms with E-state index in [4.69, 9.17) is 21.1 Å². The van der Waals surface area contributed by atoms with Gasteiger partial charge < -0.3 is 19.5 Å². The molecule has 2 aromatic rings. The summed E-state index contributed by atoms with van der Waals surface area (Å²) >= 11 is 5.78. The number of nitrogens with one attached hydrogen (secondary N) is 1. The molecular weight excluding hydrogens is 363 g/mol. The molecule has 0 spiro atoms. The molecule has 2 rings (SSSR count). The molecule has 0 unspecified atom stereocenters. The maximum absolute atomic E-state index is 12.9. The molecule has 2 aromatic carbocycles. The minimum atomic E-state index is -3.04. The first-order chi connectivity index (χ1) is 11.9. The molecular formula is C16H13ClF3NO4. The summed E-state index contributed by atoms with van der Waals surface area (Å²) in [4.78, 5) is 11.9. The Bertz CT molecular complexity index is 758. The van der Waals surface area contributed by atoms with Gasteiger partial charge in [-0.2, -0.15) is 8.78 Å². The van der Waals surface area contributed by atoms with Crippen molar-refractivity contribution in [3.63, 3.8) is 0 Å². The number of hydrogen-bond acceptors (Lipinski definition) is 4. The van der Waals surface area contributed by atoms with Crippen molar-refractivity contribution in [2.24, 2.45) is 0 Å². The zero-order valence-electron chi connectivity index (χ0n) is 12.9. The summed E-state index contributed by atoms with van der Waals surface area (Å²) in [6, 6.07) is 7.47. The monoisotopic (exact) mass is 375 g/mol. The number of ether oxygens (including phenoxy) is 3. The van der Waals surface area contributed by atoms with E-state index in [1.807, 2.05) is 0 Å². The van der Waals surface area contributed by atoms with Crippen molar-refractivity contribution in [3.05, 3.63) is 47.2 Å². The zero-order valence-corrected chi connectivity index (χ0v) is 13.6. The van der Waals surface area contributed by atoms with Gasteiger partial charge in [-0.3, -0.25) is 4.79 Å². The van der Waals surface area contributed by atoms with E-state index in [2.05, 4.69) is 10.1 Å². The normalized spacial score (nSPS) is 10.5. The number of methoxy groups -OCH3 is 1. The van der Waals surface area contributed by atoms with Crippen LogP contribution in [-0.2, 0) is 4.79 Å². The molecule has 9 heteroatoms. The number of rotatable bonds is 7. The van der Waals surface area contributed by atoms with Crippen LogP contribution in [0, 0.1) is 5.82 Å². The van der Waals surface area contributed by atoms with Crippen molar-refractivity contribution in [1.82, 2.24) is 0 Å². The van der Waals surface area contributed by atoms with Crippen molar-refractivity contribution in [1.29, 1.82) is 0 Å². The molecule has 25 heavy (non-hydrogen) atoms. The molecule has 0 aliphatic carbocycles. The van der Waals surface area contributed by atoms with Crippen LogP contribution >= 0.6 is 11.6 Å². The topological polar surface area (TPSA) is 56.8 Å². The lowest BCUT2D eigenvalue weighted by Gasteiger charge is -2.12. The van der Waals surface area contributed by atoms with E-state index in [0.717, 1.165) is 12.1 Å². The van der Waals surface area contributed by atoms with E-state index in [1.54, 1.807) is 0 Å². The number of benzene rings is 2. The number of amides is 1. The summed E-state index contributed by atoms with van der Waals surface area (Å²) in [5.41, 5.74) is 0.204. The zero-order chi connectivity index (χ0) is 18.4. The lowest BCUT2D eigenvalue weighted by molar-refractivity contribution is -0.118. The molecule has 0 aromatic heterocycles. The molecule has 134 valence electrons. The van der Waals surface area contributed by atoms with E-state index in [0.29, 0.717) is 0 Å². The van der Waals surface area contributed by atoms with Crippen LogP contribution in [0.5, 0.6) is 17.2 Å². The highest BCUT2D eigenvalue weighted by atomic mass is 35.5. The number of carbonyl (C=O) groups is 1. The van der Waals surface area contributed by atoms with Crippen molar-refractivity contribution in [2.45, 2.75) is 6.61 Å². The van der Waals surface area contributed by atoms with Crippen LogP contribution in [-0.4, -0.2) is 26.2 Å². The molecule has 0 bridgehead atoms. The van der Waals surface area contributed by atoms with Gasteiger partial charge in [-0.15, -0.1) is 0 Å². The summed E-state index contributed by atoms with van der Waals surface area (Å²) < 4.78 is 52.1. The predicted octanol–water partition coefficient (Wildman–Crippen LogP) is 4.11. The number of carbonyl (C=O) groups excluding carboxylic acids is 1. The Kier molecular flexibility index (Phi) is 6.35. The van der Waals surface area contributed by atoms with Crippen LogP contribution in [0.2, 0.25) is 5.02 Å². The summed E-state index contributed by atoms with van der Waals surface area (Å²) in [6.45, 7) is -3.45.